The minimum atomic E-state index is 0.0788. The molecule has 0 radical (unpaired) electrons. The predicted octanol–water partition coefficient (Wildman–Crippen LogP) is 1.24. The van der Waals surface area contributed by atoms with Crippen molar-refractivity contribution in [3.05, 3.63) is 30.1 Å². The highest BCUT2D eigenvalue weighted by molar-refractivity contribution is 5.77. The van der Waals surface area contributed by atoms with Crippen molar-refractivity contribution >= 4 is 6.03 Å². The fourth-order valence-electron chi connectivity index (χ4n) is 2.96. The van der Waals surface area contributed by atoms with Crippen LogP contribution >= 0.6 is 0 Å². The number of rotatable bonds is 3. The lowest BCUT2D eigenvalue weighted by Gasteiger charge is -2.19. The van der Waals surface area contributed by atoms with E-state index in [1.54, 1.807) is 11.1 Å². The number of nitrogens with zero attached hydrogens (tertiary/aromatic N) is 3. The van der Waals surface area contributed by atoms with Gasteiger partial charge in [-0.05, 0) is 31.5 Å². The first-order valence-electron chi connectivity index (χ1n) is 6.92. The van der Waals surface area contributed by atoms with Gasteiger partial charge in [0.2, 0.25) is 0 Å². The smallest absolute Gasteiger partial charge is 0.320 e. The van der Waals surface area contributed by atoms with Gasteiger partial charge in [-0.3, -0.25) is 4.98 Å². The van der Waals surface area contributed by atoms with Crippen LogP contribution in [0.15, 0.2) is 24.4 Å². The Kier molecular flexibility index (Phi) is 3.38. The maximum Gasteiger partial charge on any atom is 0.320 e. The minimum Gasteiger partial charge on any atom is -0.321 e. The van der Waals surface area contributed by atoms with E-state index in [-0.39, 0.29) is 12.1 Å². The summed E-state index contributed by atoms with van der Waals surface area (Å²) in [4.78, 5) is 20.4. The second kappa shape index (κ2) is 5.17. The molecule has 2 amide bonds. The molecule has 0 aromatic carbocycles. The number of likely N-dealkylation sites (N-methyl/N-ethyl adjacent to an activating group) is 1. The number of hydrogen-bond donors (Lipinski definition) is 1. The molecule has 1 aromatic heterocycles. The van der Waals surface area contributed by atoms with Crippen LogP contribution < -0.4 is 5.32 Å². The Balaban J connectivity index is 1.70. The standard InChI is InChI=1S/C14H20N4O/c1-17-13(12-6-2-3-7-16-12)10-18(14(17)19)9-11-5-4-8-15-11/h2-3,6-7,11,13,15H,4-5,8-10H2,1H3. The largest absolute Gasteiger partial charge is 0.321 e. The van der Waals surface area contributed by atoms with Crippen molar-refractivity contribution in [1.82, 2.24) is 20.1 Å². The molecule has 3 heterocycles. The number of carbonyl (C=O) groups is 1. The van der Waals surface area contributed by atoms with Crippen LogP contribution in [0.2, 0.25) is 0 Å². The molecule has 5 nitrogen and oxygen atoms in total. The van der Waals surface area contributed by atoms with Crippen molar-refractivity contribution in [2.24, 2.45) is 0 Å². The van der Waals surface area contributed by atoms with Crippen LogP contribution in [0, 0.1) is 0 Å². The lowest BCUT2D eigenvalue weighted by molar-refractivity contribution is 0.192. The molecule has 0 aliphatic carbocycles. The van der Waals surface area contributed by atoms with Crippen LogP contribution in [0.1, 0.15) is 24.6 Å². The molecule has 1 aromatic rings. The Hall–Kier alpha value is -1.62. The number of hydrogen-bond acceptors (Lipinski definition) is 3. The zero-order chi connectivity index (χ0) is 13.2. The molecule has 0 saturated carbocycles. The molecule has 5 heteroatoms. The van der Waals surface area contributed by atoms with Gasteiger partial charge in [0.05, 0.1) is 11.7 Å². The second-order valence-corrected chi connectivity index (χ2v) is 5.36. The number of urea groups is 1. The number of nitrogens with one attached hydrogen (secondary N) is 1. The highest BCUT2D eigenvalue weighted by Gasteiger charge is 2.37. The molecule has 19 heavy (non-hydrogen) atoms. The summed E-state index contributed by atoms with van der Waals surface area (Å²) in [6.45, 7) is 2.63. The highest BCUT2D eigenvalue weighted by Crippen LogP contribution is 2.27. The third-order valence-electron chi connectivity index (χ3n) is 4.07. The summed E-state index contributed by atoms with van der Waals surface area (Å²) in [6.07, 6.45) is 4.17. The van der Waals surface area contributed by atoms with Gasteiger partial charge in [0, 0.05) is 32.4 Å². The van der Waals surface area contributed by atoms with Crippen molar-refractivity contribution in [3.8, 4) is 0 Å². The van der Waals surface area contributed by atoms with Crippen LogP contribution in [-0.2, 0) is 0 Å². The molecule has 2 aliphatic heterocycles. The van der Waals surface area contributed by atoms with E-state index in [9.17, 15) is 4.79 Å². The van der Waals surface area contributed by atoms with Gasteiger partial charge < -0.3 is 15.1 Å². The van der Waals surface area contributed by atoms with Crippen LogP contribution in [-0.4, -0.2) is 53.5 Å². The zero-order valence-corrected chi connectivity index (χ0v) is 11.2. The van der Waals surface area contributed by atoms with Gasteiger partial charge >= 0.3 is 6.03 Å². The molecule has 2 saturated heterocycles. The fraction of sp³-hybridized carbons (Fsp3) is 0.571. The second-order valence-electron chi connectivity index (χ2n) is 5.36. The Bertz CT molecular complexity index is 444. The molecule has 2 atom stereocenters. The van der Waals surface area contributed by atoms with Gasteiger partial charge in [-0.1, -0.05) is 6.07 Å². The number of pyridine rings is 1. The molecule has 102 valence electrons. The molecule has 0 spiro atoms. The van der Waals surface area contributed by atoms with Crippen LogP contribution in [0.3, 0.4) is 0 Å². The maximum absolute atomic E-state index is 12.3. The van der Waals surface area contributed by atoms with Gasteiger partial charge in [-0.15, -0.1) is 0 Å². The summed E-state index contributed by atoms with van der Waals surface area (Å²) in [6, 6.07) is 6.52. The normalized spacial score (nSPS) is 27.3. The molecule has 3 rings (SSSR count). The summed E-state index contributed by atoms with van der Waals surface area (Å²) < 4.78 is 0. The number of aromatic nitrogens is 1. The van der Waals surface area contributed by atoms with E-state index in [0.29, 0.717) is 6.04 Å². The van der Waals surface area contributed by atoms with E-state index in [1.807, 2.05) is 30.1 Å². The molecule has 0 bridgehead atoms. The highest BCUT2D eigenvalue weighted by atomic mass is 16.2. The van der Waals surface area contributed by atoms with Crippen molar-refractivity contribution < 1.29 is 4.79 Å². The molecule has 1 N–H and O–H groups in total. The molecule has 2 fully saturated rings. The average Bonchev–Trinajstić information content (AvgIpc) is 3.04. The summed E-state index contributed by atoms with van der Waals surface area (Å²) >= 11 is 0. The Morgan fingerprint density at radius 1 is 1.47 bits per heavy atom. The monoisotopic (exact) mass is 260 g/mol. The van der Waals surface area contributed by atoms with Crippen molar-refractivity contribution in [3.63, 3.8) is 0 Å². The first-order chi connectivity index (χ1) is 9.25. The Morgan fingerprint density at radius 3 is 3.05 bits per heavy atom. The van der Waals surface area contributed by atoms with E-state index in [0.717, 1.165) is 25.3 Å². The van der Waals surface area contributed by atoms with E-state index in [2.05, 4.69) is 10.3 Å². The maximum atomic E-state index is 12.3. The van der Waals surface area contributed by atoms with Crippen LogP contribution in [0.25, 0.3) is 0 Å². The molecule has 2 aliphatic rings. The molecular formula is C14H20N4O. The SMILES string of the molecule is CN1C(=O)N(CC2CCCN2)CC1c1ccccn1. The van der Waals surface area contributed by atoms with E-state index in [1.165, 1.54) is 12.8 Å². The summed E-state index contributed by atoms with van der Waals surface area (Å²) in [5, 5.41) is 3.45. The molecular weight excluding hydrogens is 240 g/mol. The van der Waals surface area contributed by atoms with Crippen LogP contribution in [0.5, 0.6) is 0 Å². The van der Waals surface area contributed by atoms with Gasteiger partial charge in [0.1, 0.15) is 0 Å². The van der Waals surface area contributed by atoms with Gasteiger partial charge in [-0.25, -0.2) is 4.79 Å². The van der Waals surface area contributed by atoms with E-state index in [4.69, 9.17) is 0 Å². The average molecular weight is 260 g/mol. The van der Waals surface area contributed by atoms with E-state index < -0.39 is 0 Å². The van der Waals surface area contributed by atoms with Gasteiger partial charge in [-0.2, -0.15) is 0 Å². The Labute approximate surface area is 113 Å². The summed E-state index contributed by atoms with van der Waals surface area (Å²) in [7, 11) is 1.86. The van der Waals surface area contributed by atoms with Gasteiger partial charge in [0.25, 0.3) is 0 Å². The third kappa shape index (κ3) is 2.42. The lowest BCUT2D eigenvalue weighted by atomic mass is 10.1. The van der Waals surface area contributed by atoms with Crippen LogP contribution in [0.4, 0.5) is 4.79 Å². The fourth-order valence-corrected chi connectivity index (χ4v) is 2.96. The zero-order valence-electron chi connectivity index (χ0n) is 11.2. The van der Waals surface area contributed by atoms with Crippen molar-refractivity contribution in [1.29, 1.82) is 0 Å². The first kappa shape index (κ1) is 12.4. The minimum absolute atomic E-state index is 0.0788. The number of amides is 2. The predicted molar refractivity (Wildman–Crippen MR) is 72.7 cm³/mol. The topological polar surface area (TPSA) is 48.5 Å². The quantitative estimate of drug-likeness (QED) is 0.889. The van der Waals surface area contributed by atoms with E-state index >= 15 is 0 Å². The summed E-state index contributed by atoms with van der Waals surface area (Å²) in [5.74, 6) is 0. The third-order valence-corrected chi connectivity index (χ3v) is 4.07. The molecule has 2 unspecified atom stereocenters. The Morgan fingerprint density at radius 2 is 2.37 bits per heavy atom. The summed E-state index contributed by atoms with van der Waals surface area (Å²) in [5.41, 5.74) is 0.972. The first-order valence-corrected chi connectivity index (χ1v) is 6.92. The lowest BCUT2D eigenvalue weighted by Crippen LogP contribution is -2.39. The van der Waals surface area contributed by atoms with Crippen molar-refractivity contribution in [2.45, 2.75) is 24.9 Å². The van der Waals surface area contributed by atoms with Gasteiger partial charge in [0.15, 0.2) is 0 Å². The number of carbonyl (C=O) groups excluding carboxylic acids is 1. The van der Waals surface area contributed by atoms with Crippen molar-refractivity contribution in [2.75, 3.05) is 26.7 Å².